The lowest BCUT2D eigenvalue weighted by Crippen LogP contribution is -2.50. The zero-order chi connectivity index (χ0) is 14.2. The number of fused-ring (bicyclic) bond motifs is 1. The highest BCUT2D eigenvalue weighted by atomic mass is 79.9. The van der Waals surface area contributed by atoms with Crippen LogP contribution in [0.1, 0.15) is 12.8 Å². The fourth-order valence-corrected chi connectivity index (χ4v) is 3.19. The van der Waals surface area contributed by atoms with E-state index in [2.05, 4.69) is 25.8 Å². The third-order valence-electron chi connectivity index (χ3n) is 3.87. The standard InChI is InChI=1S/C15H17BrN2O2/c16-11-2-3-13-12(8-11)14(4-6-17-13)18-7-1-5-15(20,9-18)10-19/h2-4,6,8,19-20H,1,5,7,9-10H2. The molecule has 1 saturated heterocycles. The Labute approximate surface area is 126 Å². The fourth-order valence-electron chi connectivity index (χ4n) is 2.83. The van der Waals surface area contributed by atoms with Gasteiger partial charge in [-0.1, -0.05) is 15.9 Å². The lowest BCUT2D eigenvalue weighted by Gasteiger charge is -2.39. The summed E-state index contributed by atoms with van der Waals surface area (Å²) in [6.07, 6.45) is 3.31. The minimum absolute atomic E-state index is 0.198. The van der Waals surface area contributed by atoms with Gasteiger partial charge in [-0.05, 0) is 37.1 Å². The first-order valence-electron chi connectivity index (χ1n) is 6.74. The van der Waals surface area contributed by atoms with E-state index < -0.39 is 5.60 Å². The summed E-state index contributed by atoms with van der Waals surface area (Å²) in [4.78, 5) is 6.51. The first kappa shape index (κ1) is 13.8. The van der Waals surface area contributed by atoms with Crippen LogP contribution in [0.3, 0.4) is 0 Å². The van der Waals surface area contributed by atoms with Crippen LogP contribution in [-0.2, 0) is 0 Å². The van der Waals surface area contributed by atoms with Crippen LogP contribution >= 0.6 is 15.9 Å². The van der Waals surface area contributed by atoms with Gasteiger partial charge in [-0.2, -0.15) is 0 Å². The van der Waals surface area contributed by atoms with Crippen molar-refractivity contribution in [3.05, 3.63) is 34.9 Å². The number of aliphatic hydroxyl groups is 2. The average molecular weight is 337 g/mol. The molecule has 3 rings (SSSR count). The predicted octanol–water partition coefficient (Wildman–Crippen LogP) is 2.32. The van der Waals surface area contributed by atoms with Crippen molar-refractivity contribution in [3.63, 3.8) is 0 Å². The second-order valence-corrected chi connectivity index (χ2v) is 6.31. The van der Waals surface area contributed by atoms with E-state index in [1.807, 2.05) is 24.3 Å². The molecule has 1 atom stereocenters. The molecule has 2 aromatic rings. The monoisotopic (exact) mass is 336 g/mol. The summed E-state index contributed by atoms with van der Waals surface area (Å²) in [5.41, 5.74) is 0.992. The van der Waals surface area contributed by atoms with Gasteiger partial charge in [0.2, 0.25) is 0 Å². The van der Waals surface area contributed by atoms with E-state index in [-0.39, 0.29) is 6.61 Å². The maximum absolute atomic E-state index is 10.3. The van der Waals surface area contributed by atoms with Crippen molar-refractivity contribution in [1.82, 2.24) is 4.98 Å². The molecule has 0 saturated carbocycles. The summed E-state index contributed by atoms with van der Waals surface area (Å²) in [5, 5.41) is 20.8. The molecule has 1 unspecified atom stereocenters. The number of benzene rings is 1. The molecule has 0 bridgehead atoms. The van der Waals surface area contributed by atoms with E-state index in [0.29, 0.717) is 13.0 Å². The Kier molecular flexibility index (Phi) is 3.67. The van der Waals surface area contributed by atoms with Crippen LogP contribution in [0.5, 0.6) is 0 Å². The molecular weight excluding hydrogens is 320 g/mol. The van der Waals surface area contributed by atoms with Crippen molar-refractivity contribution in [2.24, 2.45) is 0 Å². The van der Waals surface area contributed by atoms with Gasteiger partial charge in [0.1, 0.15) is 5.60 Å². The van der Waals surface area contributed by atoms with E-state index >= 15 is 0 Å². The van der Waals surface area contributed by atoms with Crippen molar-refractivity contribution in [2.75, 3.05) is 24.6 Å². The molecule has 1 fully saturated rings. The molecule has 2 N–H and O–H groups in total. The molecule has 4 nitrogen and oxygen atoms in total. The van der Waals surface area contributed by atoms with E-state index in [1.54, 1.807) is 6.20 Å². The van der Waals surface area contributed by atoms with Crippen molar-refractivity contribution in [2.45, 2.75) is 18.4 Å². The Bertz CT molecular complexity index is 634. The van der Waals surface area contributed by atoms with Crippen molar-refractivity contribution in [3.8, 4) is 0 Å². The smallest absolute Gasteiger partial charge is 0.105 e. The molecule has 1 aromatic carbocycles. The van der Waals surface area contributed by atoms with Crippen molar-refractivity contribution >= 4 is 32.5 Å². The van der Waals surface area contributed by atoms with Crippen LogP contribution in [0, 0.1) is 0 Å². The van der Waals surface area contributed by atoms with Crippen LogP contribution < -0.4 is 4.90 Å². The normalized spacial score (nSPS) is 23.2. The highest BCUT2D eigenvalue weighted by Gasteiger charge is 2.33. The number of anilines is 1. The van der Waals surface area contributed by atoms with Crippen LogP contribution in [-0.4, -0.2) is 40.5 Å². The molecule has 2 heterocycles. The molecule has 1 aromatic heterocycles. The lowest BCUT2D eigenvalue weighted by atomic mass is 9.93. The van der Waals surface area contributed by atoms with Crippen LogP contribution in [0.2, 0.25) is 0 Å². The Hall–Kier alpha value is -1.17. The van der Waals surface area contributed by atoms with E-state index in [9.17, 15) is 10.2 Å². The molecule has 106 valence electrons. The summed E-state index contributed by atoms with van der Waals surface area (Å²) in [5.74, 6) is 0. The topological polar surface area (TPSA) is 56.6 Å². The van der Waals surface area contributed by atoms with Gasteiger partial charge in [0, 0.05) is 34.8 Å². The summed E-state index contributed by atoms with van der Waals surface area (Å²) in [6, 6.07) is 7.96. The number of hydrogen-bond acceptors (Lipinski definition) is 4. The number of rotatable bonds is 2. The van der Waals surface area contributed by atoms with Crippen LogP contribution in [0.15, 0.2) is 34.9 Å². The van der Waals surface area contributed by atoms with Gasteiger partial charge in [-0.15, -0.1) is 0 Å². The number of aliphatic hydroxyl groups excluding tert-OH is 1. The summed E-state index contributed by atoms with van der Waals surface area (Å²) < 4.78 is 1.01. The van der Waals surface area contributed by atoms with Crippen molar-refractivity contribution < 1.29 is 10.2 Å². The maximum atomic E-state index is 10.3. The number of β-amino-alcohol motifs (C(OH)–C–C–N with tert-alkyl or cyclic N) is 1. The molecule has 1 aliphatic rings. The largest absolute Gasteiger partial charge is 0.393 e. The van der Waals surface area contributed by atoms with Crippen molar-refractivity contribution in [1.29, 1.82) is 0 Å². The summed E-state index contributed by atoms with van der Waals surface area (Å²) in [6.45, 7) is 1.14. The third-order valence-corrected chi connectivity index (χ3v) is 4.36. The Balaban J connectivity index is 2.03. The first-order chi connectivity index (χ1) is 9.61. The molecule has 0 aliphatic carbocycles. The van der Waals surface area contributed by atoms with Gasteiger partial charge in [0.15, 0.2) is 0 Å². The second-order valence-electron chi connectivity index (χ2n) is 5.40. The number of nitrogens with zero attached hydrogens (tertiary/aromatic N) is 2. The summed E-state index contributed by atoms with van der Waals surface area (Å²) >= 11 is 3.49. The van der Waals surface area contributed by atoms with Crippen LogP contribution in [0.4, 0.5) is 5.69 Å². The predicted molar refractivity (Wildman–Crippen MR) is 82.9 cm³/mol. The van der Waals surface area contributed by atoms with Gasteiger partial charge >= 0.3 is 0 Å². The number of hydrogen-bond donors (Lipinski definition) is 2. The molecule has 0 radical (unpaired) electrons. The number of aromatic nitrogens is 1. The zero-order valence-corrected chi connectivity index (χ0v) is 12.7. The Morgan fingerprint density at radius 2 is 2.20 bits per heavy atom. The Morgan fingerprint density at radius 1 is 1.35 bits per heavy atom. The second kappa shape index (κ2) is 5.31. The average Bonchev–Trinajstić information content (AvgIpc) is 2.46. The SMILES string of the molecule is OCC1(O)CCCN(c2ccnc3ccc(Br)cc23)C1. The van der Waals surface area contributed by atoms with Gasteiger partial charge in [-0.3, -0.25) is 4.98 Å². The fraction of sp³-hybridized carbons (Fsp3) is 0.400. The highest BCUT2D eigenvalue weighted by molar-refractivity contribution is 9.10. The number of halogens is 1. The number of pyridine rings is 1. The quantitative estimate of drug-likeness (QED) is 0.883. The van der Waals surface area contributed by atoms with E-state index in [0.717, 1.165) is 34.0 Å². The third kappa shape index (κ3) is 2.53. The van der Waals surface area contributed by atoms with Gasteiger partial charge in [0.05, 0.1) is 12.1 Å². The Morgan fingerprint density at radius 3 is 3.00 bits per heavy atom. The number of piperidine rings is 1. The minimum Gasteiger partial charge on any atom is -0.393 e. The van der Waals surface area contributed by atoms with Gasteiger partial charge in [0.25, 0.3) is 0 Å². The zero-order valence-electron chi connectivity index (χ0n) is 11.1. The molecule has 0 spiro atoms. The minimum atomic E-state index is -1.00. The first-order valence-corrected chi connectivity index (χ1v) is 7.53. The molecular formula is C15H17BrN2O2. The van der Waals surface area contributed by atoms with Crippen LogP contribution in [0.25, 0.3) is 10.9 Å². The molecule has 0 amide bonds. The van der Waals surface area contributed by atoms with Gasteiger partial charge in [-0.25, -0.2) is 0 Å². The lowest BCUT2D eigenvalue weighted by molar-refractivity contribution is -0.0240. The highest BCUT2D eigenvalue weighted by Crippen LogP contribution is 2.32. The van der Waals surface area contributed by atoms with E-state index in [1.165, 1.54) is 0 Å². The molecule has 5 heteroatoms. The van der Waals surface area contributed by atoms with E-state index in [4.69, 9.17) is 0 Å². The maximum Gasteiger partial charge on any atom is 0.105 e. The summed E-state index contributed by atoms with van der Waals surface area (Å²) in [7, 11) is 0. The molecule has 1 aliphatic heterocycles. The van der Waals surface area contributed by atoms with Gasteiger partial charge < -0.3 is 15.1 Å². The molecule has 20 heavy (non-hydrogen) atoms.